The van der Waals surface area contributed by atoms with Crippen LogP contribution in [0.25, 0.3) is 32.8 Å². The van der Waals surface area contributed by atoms with Crippen LogP contribution in [0.4, 0.5) is 0 Å². The molecule has 0 bridgehead atoms. The number of ether oxygens (including phenoxy) is 3. The van der Waals surface area contributed by atoms with E-state index in [1.165, 1.54) is 0 Å². The third kappa shape index (κ3) is 3.93. The predicted molar refractivity (Wildman–Crippen MR) is 137 cm³/mol. The fourth-order valence-corrected chi connectivity index (χ4v) is 5.10. The molecule has 5 rings (SSSR count). The molecule has 1 aliphatic heterocycles. The van der Waals surface area contributed by atoms with Crippen LogP contribution in [-0.4, -0.2) is 35.4 Å². The Labute approximate surface area is 204 Å². The number of benzene rings is 3. The zero-order valence-corrected chi connectivity index (χ0v) is 20.7. The van der Waals surface area contributed by atoms with Crippen LogP contribution in [0.1, 0.15) is 37.5 Å². The molecule has 0 radical (unpaired) electrons. The van der Waals surface area contributed by atoms with Gasteiger partial charge in [0.2, 0.25) is 0 Å². The number of rotatable bonds is 5. The third-order valence-electron chi connectivity index (χ3n) is 6.39. The molecule has 3 aromatic carbocycles. The minimum absolute atomic E-state index is 0.156. The van der Waals surface area contributed by atoms with Crippen molar-refractivity contribution < 1.29 is 24.1 Å². The van der Waals surface area contributed by atoms with Crippen molar-refractivity contribution in [3.8, 4) is 28.4 Å². The van der Waals surface area contributed by atoms with Gasteiger partial charge in [0.15, 0.2) is 0 Å². The summed E-state index contributed by atoms with van der Waals surface area (Å²) in [5.74, 6) is 1.13. The summed E-state index contributed by atoms with van der Waals surface area (Å²) in [6.07, 6.45) is 2.44. The second-order valence-corrected chi connectivity index (χ2v) is 9.88. The number of aromatic nitrogens is 1. The number of carboxylic acids is 1. The summed E-state index contributed by atoms with van der Waals surface area (Å²) in [5, 5.41) is 12.7. The van der Waals surface area contributed by atoms with Gasteiger partial charge in [-0.05, 0) is 61.4 Å². The molecule has 35 heavy (non-hydrogen) atoms. The van der Waals surface area contributed by atoms with E-state index >= 15 is 0 Å². The maximum Gasteiger partial charge on any atom is 0.307 e. The average Bonchev–Trinajstić information content (AvgIpc) is 2.80. The lowest BCUT2D eigenvalue weighted by atomic mass is 9.85. The van der Waals surface area contributed by atoms with Gasteiger partial charge in [0, 0.05) is 29.5 Å². The van der Waals surface area contributed by atoms with E-state index in [2.05, 4.69) is 0 Å². The minimum Gasteiger partial charge on any atom is -0.496 e. The summed E-state index contributed by atoms with van der Waals surface area (Å²) in [6.45, 7) is 8.49. The zero-order chi connectivity index (χ0) is 24.9. The Balaban J connectivity index is 2.01. The topological polar surface area (TPSA) is 77.9 Å². The Kier molecular flexibility index (Phi) is 5.55. The van der Waals surface area contributed by atoms with Gasteiger partial charge in [0.25, 0.3) is 0 Å². The van der Waals surface area contributed by atoms with Gasteiger partial charge >= 0.3 is 5.97 Å². The summed E-state index contributed by atoms with van der Waals surface area (Å²) in [5.41, 5.74) is 4.49. The van der Waals surface area contributed by atoms with Crippen molar-refractivity contribution in [1.82, 2.24) is 4.98 Å². The molecular formula is C29H29NO5. The van der Waals surface area contributed by atoms with Crippen molar-refractivity contribution in [2.24, 2.45) is 0 Å². The first-order valence-electron chi connectivity index (χ1n) is 11.8. The van der Waals surface area contributed by atoms with Gasteiger partial charge in [-0.15, -0.1) is 0 Å². The van der Waals surface area contributed by atoms with E-state index in [1.54, 1.807) is 7.11 Å². The van der Waals surface area contributed by atoms with E-state index < -0.39 is 11.6 Å². The normalized spacial score (nSPS) is 13.1. The zero-order valence-electron chi connectivity index (χ0n) is 20.7. The van der Waals surface area contributed by atoms with Crippen LogP contribution in [0.3, 0.4) is 0 Å². The highest BCUT2D eigenvalue weighted by Crippen LogP contribution is 2.50. The molecular weight excluding hydrogens is 442 g/mol. The maximum absolute atomic E-state index is 12.1. The number of hydrogen-bond acceptors (Lipinski definition) is 5. The SMILES string of the molecule is COc1c(C)c(CC(=O)O)c(-c2c(OC(C)(C)C)cc3c4c(ccnc24)CCO3)c2ccccc12. The molecule has 0 saturated carbocycles. The summed E-state index contributed by atoms with van der Waals surface area (Å²) in [4.78, 5) is 16.9. The minimum atomic E-state index is -0.913. The van der Waals surface area contributed by atoms with Crippen LogP contribution in [0.15, 0.2) is 42.6 Å². The number of nitrogens with zero attached hydrogens (tertiary/aromatic N) is 1. The van der Waals surface area contributed by atoms with E-state index in [-0.39, 0.29) is 6.42 Å². The lowest BCUT2D eigenvalue weighted by molar-refractivity contribution is -0.136. The Bertz CT molecular complexity index is 1480. The van der Waals surface area contributed by atoms with Crippen molar-refractivity contribution in [1.29, 1.82) is 0 Å². The van der Waals surface area contributed by atoms with Crippen molar-refractivity contribution in [3.05, 3.63) is 59.3 Å². The lowest BCUT2D eigenvalue weighted by Gasteiger charge is -2.28. The number of methoxy groups -OCH3 is 1. The van der Waals surface area contributed by atoms with Gasteiger partial charge in [0.1, 0.15) is 22.8 Å². The molecule has 0 unspecified atom stereocenters. The van der Waals surface area contributed by atoms with Gasteiger partial charge in [-0.2, -0.15) is 0 Å². The number of aliphatic carboxylic acids is 1. The highest BCUT2D eigenvalue weighted by molar-refractivity contribution is 6.12. The molecule has 0 amide bonds. The first-order chi connectivity index (χ1) is 16.7. The summed E-state index contributed by atoms with van der Waals surface area (Å²) >= 11 is 0. The van der Waals surface area contributed by atoms with Crippen molar-refractivity contribution in [3.63, 3.8) is 0 Å². The first-order valence-corrected chi connectivity index (χ1v) is 11.8. The molecule has 6 heteroatoms. The molecule has 180 valence electrons. The summed E-state index contributed by atoms with van der Waals surface area (Å²) in [6, 6.07) is 11.9. The number of pyridine rings is 1. The molecule has 0 spiro atoms. The Morgan fingerprint density at radius 2 is 1.89 bits per heavy atom. The fraction of sp³-hybridized carbons (Fsp3) is 0.310. The number of hydrogen-bond donors (Lipinski definition) is 1. The van der Waals surface area contributed by atoms with Crippen LogP contribution in [-0.2, 0) is 17.6 Å². The van der Waals surface area contributed by atoms with Gasteiger partial charge in [-0.1, -0.05) is 24.3 Å². The molecule has 4 aromatic rings. The third-order valence-corrected chi connectivity index (χ3v) is 6.39. The highest BCUT2D eigenvalue weighted by atomic mass is 16.5. The molecule has 2 heterocycles. The molecule has 0 fully saturated rings. The Morgan fingerprint density at radius 3 is 2.57 bits per heavy atom. The smallest absolute Gasteiger partial charge is 0.307 e. The van der Waals surface area contributed by atoms with Gasteiger partial charge in [0.05, 0.1) is 31.2 Å². The second-order valence-electron chi connectivity index (χ2n) is 9.88. The largest absolute Gasteiger partial charge is 0.496 e. The fourth-order valence-electron chi connectivity index (χ4n) is 5.10. The van der Waals surface area contributed by atoms with Crippen LogP contribution in [0.5, 0.6) is 17.2 Å². The monoisotopic (exact) mass is 471 g/mol. The van der Waals surface area contributed by atoms with Crippen LogP contribution in [0.2, 0.25) is 0 Å². The van der Waals surface area contributed by atoms with Crippen molar-refractivity contribution in [2.75, 3.05) is 13.7 Å². The van der Waals surface area contributed by atoms with Crippen LogP contribution >= 0.6 is 0 Å². The molecule has 0 atom stereocenters. The molecule has 0 aliphatic carbocycles. The van der Waals surface area contributed by atoms with Gasteiger partial charge in [-0.3, -0.25) is 9.78 Å². The number of carbonyl (C=O) groups is 1. The molecule has 1 aliphatic rings. The van der Waals surface area contributed by atoms with E-state index in [9.17, 15) is 9.90 Å². The number of carboxylic acid groups (broad SMARTS) is 1. The lowest BCUT2D eigenvalue weighted by Crippen LogP contribution is -2.24. The van der Waals surface area contributed by atoms with E-state index in [4.69, 9.17) is 19.2 Å². The van der Waals surface area contributed by atoms with Gasteiger partial charge < -0.3 is 19.3 Å². The summed E-state index contributed by atoms with van der Waals surface area (Å²) in [7, 11) is 1.62. The van der Waals surface area contributed by atoms with Crippen molar-refractivity contribution in [2.45, 2.75) is 46.1 Å². The predicted octanol–water partition coefficient (Wildman–Crippen LogP) is 6.11. The molecule has 0 saturated heterocycles. The van der Waals surface area contributed by atoms with Crippen LogP contribution < -0.4 is 14.2 Å². The van der Waals surface area contributed by atoms with E-state index in [0.29, 0.717) is 23.7 Å². The molecule has 1 aromatic heterocycles. The van der Waals surface area contributed by atoms with Crippen LogP contribution in [0, 0.1) is 6.92 Å². The maximum atomic E-state index is 12.1. The van der Waals surface area contributed by atoms with Gasteiger partial charge in [-0.25, -0.2) is 0 Å². The standard InChI is InChI=1S/C29H29NO5/c1-16-20(14-23(31)32)25(18-8-6-7-9-19(18)28(16)33-5)26-22(35-29(2,3)4)15-21-24-17(11-13-34-21)10-12-30-27(24)26/h6-10,12,15H,11,13-14H2,1-5H3,(H,31,32). The number of fused-ring (bicyclic) bond motifs is 1. The highest BCUT2D eigenvalue weighted by Gasteiger charge is 2.29. The summed E-state index contributed by atoms with van der Waals surface area (Å²) < 4.78 is 18.3. The average molecular weight is 472 g/mol. The Hall–Kier alpha value is -3.80. The second kappa shape index (κ2) is 8.45. The van der Waals surface area contributed by atoms with E-state index in [0.717, 1.165) is 56.1 Å². The quantitative estimate of drug-likeness (QED) is 0.378. The first kappa shape index (κ1) is 23.0. The molecule has 1 N–H and O–H groups in total. The Morgan fingerprint density at radius 1 is 1.14 bits per heavy atom. The van der Waals surface area contributed by atoms with E-state index in [1.807, 2.05) is 70.3 Å². The van der Waals surface area contributed by atoms with Crippen molar-refractivity contribution >= 4 is 27.6 Å². The molecule has 6 nitrogen and oxygen atoms in total.